The van der Waals surface area contributed by atoms with Crippen molar-refractivity contribution in [2.45, 2.75) is 12.3 Å². The van der Waals surface area contributed by atoms with Crippen molar-refractivity contribution in [1.82, 2.24) is 10.3 Å². The van der Waals surface area contributed by atoms with E-state index < -0.39 is 0 Å². The Hall–Kier alpha value is -1.67. The van der Waals surface area contributed by atoms with E-state index in [0.29, 0.717) is 5.92 Å². The Balaban J connectivity index is 2.04. The van der Waals surface area contributed by atoms with E-state index in [-0.39, 0.29) is 0 Å². The molecule has 1 saturated heterocycles. The monoisotopic (exact) mass is 224 g/mol. The first-order chi connectivity index (χ1) is 8.45. The van der Waals surface area contributed by atoms with Crippen LogP contribution in [0.3, 0.4) is 0 Å². The number of hydrogen-bond donors (Lipinski definition) is 1. The quantitative estimate of drug-likeness (QED) is 0.848. The van der Waals surface area contributed by atoms with Crippen molar-refractivity contribution in [3.05, 3.63) is 54.4 Å². The van der Waals surface area contributed by atoms with Gasteiger partial charge in [-0.1, -0.05) is 30.3 Å². The van der Waals surface area contributed by atoms with Crippen molar-refractivity contribution in [2.24, 2.45) is 0 Å². The highest BCUT2D eigenvalue weighted by molar-refractivity contribution is 5.67. The molecule has 1 aromatic carbocycles. The molecule has 1 N–H and O–H groups in total. The molecular formula is C15H16N2. The molecule has 0 aliphatic carbocycles. The first-order valence-electron chi connectivity index (χ1n) is 6.15. The first kappa shape index (κ1) is 10.5. The van der Waals surface area contributed by atoms with Crippen LogP contribution < -0.4 is 5.32 Å². The van der Waals surface area contributed by atoms with Gasteiger partial charge < -0.3 is 5.32 Å². The van der Waals surface area contributed by atoms with Crippen LogP contribution in [0.5, 0.6) is 0 Å². The third-order valence-corrected chi connectivity index (χ3v) is 3.43. The van der Waals surface area contributed by atoms with Crippen molar-refractivity contribution >= 4 is 0 Å². The van der Waals surface area contributed by atoms with Crippen LogP contribution in [0.2, 0.25) is 0 Å². The Morgan fingerprint density at radius 3 is 2.82 bits per heavy atom. The number of benzene rings is 1. The lowest BCUT2D eigenvalue weighted by atomic mass is 9.90. The molecule has 86 valence electrons. The van der Waals surface area contributed by atoms with Gasteiger partial charge in [-0.15, -0.1) is 0 Å². The lowest BCUT2D eigenvalue weighted by Crippen LogP contribution is -2.08. The molecule has 0 radical (unpaired) electrons. The van der Waals surface area contributed by atoms with Gasteiger partial charge in [0, 0.05) is 24.5 Å². The number of nitrogens with one attached hydrogen (secondary N) is 1. The van der Waals surface area contributed by atoms with Crippen molar-refractivity contribution < 1.29 is 0 Å². The molecule has 2 heteroatoms. The molecule has 0 saturated carbocycles. The molecule has 1 aliphatic rings. The Kier molecular flexibility index (Phi) is 2.88. The second-order valence-electron chi connectivity index (χ2n) is 4.52. The molecule has 2 nitrogen and oxygen atoms in total. The Morgan fingerprint density at radius 1 is 1.12 bits per heavy atom. The zero-order chi connectivity index (χ0) is 11.5. The van der Waals surface area contributed by atoms with E-state index in [9.17, 15) is 0 Å². The molecule has 1 aliphatic heterocycles. The highest BCUT2D eigenvalue weighted by Crippen LogP contribution is 2.31. The lowest BCUT2D eigenvalue weighted by Gasteiger charge is -2.14. The lowest BCUT2D eigenvalue weighted by molar-refractivity contribution is 0.765. The summed E-state index contributed by atoms with van der Waals surface area (Å²) < 4.78 is 0. The minimum Gasteiger partial charge on any atom is -0.316 e. The van der Waals surface area contributed by atoms with Gasteiger partial charge in [0.15, 0.2) is 0 Å². The van der Waals surface area contributed by atoms with Crippen LogP contribution >= 0.6 is 0 Å². The minimum atomic E-state index is 0.645. The summed E-state index contributed by atoms with van der Waals surface area (Å²) in [4.78, 5) is 4.21. The van der Waals surface area contributed by atoms with Crippen molar-refractivity contribution in [2.75, 3.05) is 13.1 Å². The molecule has 1 atom stereocenters. The van der Waals surface area contributed by atoms with Gasteiger partial charge in [-0.2, -0.15) is 0 Å². The third kappa shape index (κ3) is 2.08. The van der Waals surface area contributed by atoms with E-state index in [4.69, 9.17) is 0 Å². The van der Waals surface area contributed by atoms with Crippen molar-refractivity contribution in [3.8, 4) is 11.1 Å². The molecule has 1 fully saturated rings. The normalized spacial score (nSPS) is 19.4. The molecule has 0 amide bonds. The number of aromatic nitrogens is 1. The maximum atomic E-state index is 4.21. The minimum absolute atomic E-state index is 0.645. The van der Waals surface area contributed by atoms with E-state index in [1.54, 1.807) is 0 Å². The van der Waals surface area contributed by atoms with Gasteiger partial charge in [-0.3, -0.25) is 4.98 Å². The fourth-order valence-electron chi connectivity index (χ4n) is 2.56. The van der Waals surface area contributed by atoms with E-state index in [1.807, 2.05) is 18.5 Å². The van der Waals surface area contributed by atoms with E-state index in [0.717, 1.165) is 13.1 Å². The predicted octanol–water partition coefficient (Wildman–Crippen LogP) is 2.83. The SMILES string of the molecule is c1cncc(-c2ccccc2C2CCNC2)c1. The number of nitrogens with zero attached hydrogens (tertiary/aromatic N) is 1. The van der Waals surface area contributed by atoms with Gasteiger partial charge in [0.25, 0.3) is 0 Å². The van der Waals surface area contributed by atoms with Gasteiger partial charge in [0.1, 0.15) is 0 Å². The Morgan fingerprint density at radius 2 is 2.06 bits per heavy atom. The summed E-state index contributed by atoms with van der Waals surface area (Å²) in [6.07, 6.45) is 5.00. The van der Waals surface area contributed by atoms with Crippen LogP contribution in [0.4, 0.5) is 0 Å². The van der Waals surface area contributed by atoms with Crippen molar-refractivity contribution in [1.29, 1.82) is 0 Å². The number of hydrogen-bond acceptors (Lipinski definition) is 2. The molecule has 2 heterocycles. The summed E-state index contributed by atoms with van der Waals surface area (Å²) in [5.41, 5.74) is 4.00. The summed E-state index contributed by atoms with van der Waals surface area (Å²) in [6.45, 7) is 2.23. The highest BCUT2D eigenvalue weighted by atomic mass is 14.9. The van der Waals surface area contributed by atoms with Gasteiger partial charge in [0.2, 0.25) is 0 Å². The summed E-state index contributed by atoms with van der Waals surface area (Å²) in [5.74, 6) is 0.645. The Labute approximate surface area is 102 Å². The molecule has 17 heavy (non-hydrogen) atoms. The van der Waals surface area contributed by atoms with Crippen LogP contribution in [-0.4, -0.2) is 18.1 Å². The Bertz CT molecular complexity index is 487. The fourth-order valence-corrected chi connectivity index (χ4v) is 2.56. The highest BCUT2D eigenvalue weighted by Gasteiger charge is 2.19. The van der Waals surface area contributed by atoms with Crippen LogP contribution in [0.15, 0.2) is 48.8 Å². The topological polar surface area (TPSA) is 24.9 Å². The van der Waals surface area contributed by atoms with Crippen molar-refractivity contribution in [3.63, 3.8) is 0 Å². The van der Waals surface area contributed by atoms with Gasteiger partial charge >= 0.3 is 0 Å². The van der Waals surface area contributed by atoms with Gasteiger partial charge in [-0.25, -0.2) is 0 Å². The molecule has 0 spiro atoms. The fraction of sp³-hybridized carbons (Fsp3) is 0.267. The largest absolute Gasteiger partial charge is 0.316 e. The predicted molar refractivity (Wildman–Crippen MR) is 69.9 cm³/mol. The maximum Gasteiger partial charge on any atom is 0.0346 e. The van der Waals surface area contributed by atoms with E-state index >= 15 is 0 Å². The smallest absolute Gasteiger partial charge is 0.0346 e. The molecule has 1 aromatic heterocycles. The average Bonchev–Trinajstić information content (AvgIpc) is 2.94. The standard InChI is InChI=1S/C15H16N2/c1-2-6-15(13-7-9-17-11-13)14(5-1)12-4-3-8-16-10-12/h1-6,8,10,13,17H,7,9,11H2. The second-order valence-corrected chi connectivity index (χ2v) is 4.52. The summed E-state index contributed by atoms with van der Waals surface area (Å²) >= 11 is 0. The number of rotatable bonds is 2. The zero-order valence-corrected chi connectivity index (χ0v) is 9.76. The molecule has 2 aromatic rings. The first-order valence-corrected chi connectivity index (χ1v) is 6.15. The molecule has 0 bridgehead atoms. The van der Waals surface area contributed by atoms with Crippen LogP contribution in [0.1, 0.15) is 17.9 Å². The second kappa shape index (κ2) is 4.68. The summed E-state index contributed by atoms with van der Waals surface area (Å²) in [6, 6.07) is 12.8. The van der Waals surface area contributed by atoms with Gasteiger partial charge in [0.05, 0.1) is 0 Å². The summed E-state index contributed by atoms with van der Waals surface area (Å²) in [7, 11) is 0. The number of pyridine rings is 1. The maximum absolute atomic E-state index is 4.21. The molecular weight excluding hydrogens is 208 g/mol. The van der Waals surface area contributed by atoms with Crippen LogP contribution in [0, 0.1) is 0 Å². The third-order valence-electron chi connectivity index (χ3n) is 3.43. The van der Waals surface area contributed by atoms with E-state index in [1.165, 1.54) is 23.1 Å². The molecule has 3 rings (SSSR count). The average molecular weight is 224 g/mol. The molecule has 1 unspecified atom stereocenters. The van der Waals surface area contributed by atoms with E-state index in [2.05, 4.69) is 40.6 Å². The van der Waals surface area contributed by atoms with Crippen LogP contribution in [0.25, 0.3) is 11.1 Å². The van der Waals surface area contributed by atoms with Gasteiger partial charge in [-0.05, 0) is 36.1 Å². The zero-order valence-electron chi connectivity index (χ0n) is 9.76. The van der Waals surface area contributed by atoms with Crippen LogP contribution in [-0.2, 0) is 0 Å². The summed E-state index contributed by atoms with van der Waals surface area (Å²) in [5, 5.41) is 3.43.